The number of hydrogen-bond acceptors (Lipinski definition) is 8. The maximum atomic E-state index is 12.9. The Hall–Kier alpha value is -2.17. The Kier molecular flexibility index (Phi) is 8.10. The first kappa shape index (κ1) is 24.9. The normalized spacial score (nSPS) is 13.2. The fourth-order valence-corrected chi connectivity index (χ4v) is 7.03. The van der Waals surface area contributed by atoms with E-state index in [1.54, 1.807) is 11.3 Å². The number of thioether (sulfide) groups is 1. The third kappa shape index (κ3) is 5.23. The summed E-state index contributed by atoms with van der Waals surface area (Å²) in [5.74, 6) is 0.944. The molecule has 10 heteroatoms. The third-order valence-electron chi connectivity index (χ3n) is 5.76. The highest BCUT2D eigenvalue weighted by molar-refractivity contribution is 7.99. The Morgan fingerprint density at radius 1 is 1.26 bits per heavy atom. The maximum absolute atomic E-state index is 12.9. The van der Waals surface area contributed by atoms with Gasteiger partial charge in [0.15, 0.2) is 11.0 Å². The molecule has 1 N–H and O–H groups in total. The van der Waals surface area contributed by atoms with Gasteiger partial charge in [-0.05, 0) is 49.7 Å². The average Bonchev–Trinajstić information content (AvgIpc) is 3.54. The molecular weight excluding hydrogens is 488 g/mol. The molecule has 182 valence electrons. The summed E-state index contributed by atoms with van der Waals surface area (Å²) in [6, 6.07) is 2.18. The van der Waals surface area contributed by atoms with Gasteiger partial charge < -0.3 is 14.6 Å². The lowest BCUT2D eigenvalue weighted by Crippen LogP contribution is -2.17. The summed E-state index contributed by atoms with van der Waals surface area (Å²) >= 11 is 4.60. The van der Waals surface area contributed by atoms with E-state index in [-0.39, 0.29) is 17.6 Å². The number of carbonyl (C=O) groups excluding carboxylic acids is 2. The molecule has 0 unspecified atom stereocenters. The minimum Gasteiger partial charge on any atom is -0.465 e. The molecule has 1 amide bonds. The first-order chi connectivity index (χ1) is 16.4. The fraction of sp³-hybridized carbons (Fsp3) is 0.500. The summed E-state index contributed by atoms with van der Waals surface area (Å²) in [7, 11) is 1.38. The standard InChI is InChI=1S/C24H30N4O3S3/c1-5-10-28-21(15-11-18(14(2)3)32-12-15)26-27-24(28)33-13-19(29)25-22-20(23(30)31-4)16-8-6-7-9-17(16)34-22/h11-12,14H,5-10,13H2,1-4H3,(H,25,29). The summed E-state index contributed by atoms with van der Waals surface area (Å²) in [4.78, 5) is 27.8. The monoisotopic (exact) mass is 518 g/mol. The lowest BCUT2D eigenvalue weighted by atomic mass is 9.95. The zero-order valence-electron chi connectivity index (χ0n) is 20.0. The highest BCUT2D eigenvalue weighted by atomic mass is 32.2. The van der Waals surface area contributed by atoms with Crippen molar-refractivity contribution in [2.24, 2.45) is 0 Å². The number of anilines is 1. The predicted octanol–water partition coefficient (Wildman–Crippen LogP) is 6.00. The maximum Gasteiger partial charge on any atom is 0.341 e. The molecule has 3 heterocycles. The summed E-state index contributed by atoms with van der Waals surface area (Å²) in [5.41, 5.74) is 2.63. The van der Waals surface area contributed by atoms with E-state index in [1.165, 1.54) is 40.0 Å². The Labute approximate surface area is 212 Å². The van der Waals surface area contributed by atoms with Gasteiger partial charge in [0.25, 0.3) is 0 Å². The van der Waals surface area contributed by atoms with E-state index in [9.17, 15) is 9.59 Å². The van der Waals surface area contributed by atoms with Gasteiger partial charge in [0, 0.05) is 27.2 Å². The van der Waals surface area contributed by atoms with Crippen LogP contribution in [0.25, 0.3) is 11.4 Å². The molecule has 0 saturated carbocycles. The average molecular weight is 519 g/mol. The molecule has 34 heavy (non-hydrogen) atoms. The summed E-state index contributed by atoms with van der Waals surface area (Å²) in [5, 5.41) is 15.2. The van der Waals surface area contributed by atoms with Gasteiger partial charge in [-0.15, -0.1) is 32.9 Å². The molecule has 0 spiro atoms. The first-order valence-corrected chi connectivity index (χ1v) is 14.3. The number of esters is 1. The molecule has 0 atom stereocenters. The van der Waals surface area contributed by atoms with Crippen LogP contribution in [0.2, 0.25) is 0 Å². The summed E-state index contributed by atoms with van der Waals surface area (Å²) in [6.07, 6.45) is 4.89. The topological polar surface area (TPSA) is 86.1 Å². The van der Waals surface area contributed by atoms with Crippen molar-refractivity contribution in [3.8, 4) is 11.4 Å². The fourth-order valence-electron chi connectivity index (χ4n) is 4.07. The van der Waals surface area contributed by atoms with Crippen LogP contribution >= 0.6 is 34.4 Å². The predicted molar refractivity (Wildman–Crippen MR) is 139 cm³/mol. The van der Waals surface area contributed by atoms with E-state index in [4.69, 9.17) is 4.74 Å². The molecule has 0 aliphatic heterocycles. The number of thiophene rings is 2. The van der Waals surface area contributed by atoms with E-state index in [0.717, 1.165) is 60.8 Å². The van der Waals surface area contributed by atoms with Crippen LogP contribution in [0.4, 0.5) is 5.00 Å². The van der Waals surface area contributed by atoms with Crippen LogP contribution in [-0.2, 0) is 28.9 Å². The molecule has 7 nitrogen and oxygen atoms in total. The van der Waals surface area contributed by atoms with Crippen molar-refractivity contribution in [2.45, 2.75) is 70.5 Å². The number of fused-ring (bicyclic) bond motifs is 1. The number of ether oxygens (including phenoxy) is 1. The Morgan fingerprint density at radius 3 is 2.76 bits per heavy atom. The zero-order chi connectivity index (χ0) is 24.2. The van der Waals surface area contributed by atoms with Crippen LogP contribution in [0.15, 0.2) is 16.6 Å². The number of methoxy groups -OCH3 is 1. The highest BCUT2D eigenvalue weighted by Gasteiger charge is 2.27. The Morgan fingerprint density at radius 2 is 2.06 bits per heavy atom. The van der Waals surface area contributed by atoms with Crippen molar-refractivity contribution in [1.29, 1.82) is 0 Å². The lowest BCUT2D eigenvalue weighted by Gasteiger charge is -2.11. The molecule has 3 aromatic rings. The van der Waals surface area contributed by atoms with E-state index < -0.39 is 0 Å². The van der Waals surface area contributed by atoms with E-state index in [2.05, 4.69) is 52.3 Å². The van der Waals surface area contributed by atoms with Gasteiger partial charge in [-0.1, -0.05) is 32.5 Å². The molecule has 0 bridgehead atoms. The van der Waals surface area contributed by atoms with Crippen LogP contribution in [0.3, 0.4) is 0 Å². The van der Waals surface area contributed by atoms with E-state index in [1.807, 2.05) is 0 Å². The van der Waals surface area contributed by atoms with Crippen LogP contribution in [0.5, 0.6) is 0 Å². The molecule has 0 saturated heterocycles. The minimum absolute atomic E-state index is 0.168. The highest BCUT2D eigenvalue weighted by Crippen LogP contribution is 2.39. The van der Waals surface area contributed by atoms with E-state index in [0.29, 0.717) is 16.5 Å². The van der Waals surface area contributed by atoms with Crippen molar-refractivity contribution >= 4 is 51.3 Å². The smallest absolute Gasteiger partial charge is 0.341 e. The second kappa shape index (κ2) is 11.0. The Bertz CT molecular complexity index is 1180. The van der Waals surface area contributed by atoms with Crippen molar-refractivity contribution < 1.29 is 14.3 Å². The third-order valence-corrected chi connectivity index (χ3v) is 9.16. The molecule has 0 aromatic carbocycles. The number of nitrogens with zero attached hydrogens (tertiary/aromatic N) is 3. The van der Waals surface area contributed by atoms with Crippen LogP contribution in [-0.4, -0.2) is 39.5 Å². The summed E-state index contributed by atoms with van der Waals surface area (Å²) < 4.78 is 7.10. The molecule has 3 aromatic heterocycles. The first-order valence-electron chi connectivity index (χ1n) is 11.6. The van der Waals surface area contributed by atoms with Gasteiger partial charge >= 0.3 is 5.97 Å². The molecule has 4 rings (SSSR count). The quantitative estimate of drug-likeness (QED) is 0.276. The molecule has 0 radical (unpaired) electrons. The van der Waals surface area contributed by atoms with Gasteiger partial charge in [0.2, 0.25) is 5.91 Å². The SMILES string of the molecule is CCCn1c(SCC(=O)Nc2sc3c(c2C(=O)OC)CCCC3)nnc1-c1csc(C(C)C)c1. The second-order valence-electron chi connectivity index (χ2n) is 8.59. The zero-order valence-corrected chi connectivity index (χ0v) is 22.4. The number of aromatic nitrogens is 3. The summed E-state index contributed by atoms with van der Waals surface area (Å²) in [6.45, 7) is 7.26. The van der Waals surface area contributed by atoms with Gasteiger partial charge in [-0.25, -0.2) is 4.79 Å². The molecule has 1 aliphatic carbocycles. The number of carbonyl (C=O) groups is 2. The van der Waals surface area contributed by atoms with Gasteiger partial charge in [-0.2, -0.15) is 0 Å². The number of aryl methyl sites for hydroxylation is 1. The largest absolute Gasteiger partial charge is 0.465 e. The van der Waals surface area contributed by atoms with Gasteiger partial charge in [0.1, 0.15) is 5.00 Å². The number of rotatable bonds is 9. The van der Waals surface area contributed by atoms with Crippen LogP contribution < -0.4 is 5.32 Å². The second-order valence-corrected chi connectivity index (χ2v) is 11.6. The lowest BCUT2D eigenvalue weighted by molar-refractivity contribution is -0.113. The van der Waals surface area contributed by atoms with Crippen molar-refractivity contribution in [1.82, 2.24) is 14.8 Å². The van der Waals surface area contributed by atoms with Gasteiger partial charge in [-0.3, -0.25) is 4.79 Å². The number of hydrogen-bond donors (Lipinski definition) is 1. The minimum atomic E-state index is -0.383. The molecular formula is C24H30N4O3S3. The Balaban J connectivity index is 1.49. The van der Waals surface area contributed by atoms with Crippen LogP contribution in [0, 0.1) is 0 Å². The van der Waals surface area contributed by atoms with Crippen molar-refractivity contribution in [3.05, 3.63) is 32.3 Å². The molecule has 0 fully saturated rings. The number of amides is 1. The van der Waals surface area contributed by atoms with E-state index >= 15 is 0 Å². The number of nitrogens with one attached hydrogen (secondary N) is 1. The molecule has 1 aliphatic rings. The van der Waals surface area contributed by atoms with Crippen molar-refractivity contribution in [2.75, 3.05) is 18.2 Å². The van der Waals surface area contributed by atoms with Gasteiger partial charge in [0.05, 0.1) is 18.4 Å². The van der Waals surface area contributed by atoms with Crippen molar-refractivity contribution in [3.63, 3.8) is 0 Å². The van der Waals surface area contributed by atoms with Crippen LogP contribution in [0.1, 0.15) is 71.6 Å².